The van der Waals surface area contributed by atoms with Gasteiger partial charge < -0.3 is 9.84 Å². The first-order valence-corrected chi connectivity index (χ1v) is 10.3. The highest BCUT2D eigenvalue weighted by molar-refractivity contribution is 5.77. The molecule has 0 saturated heterocycles. The number of para-hydroxylation sites is 2. The van der Waals surface area contributed by atoms with Gasteiger partial charge in [0.2, 0.25) is 0 Å². The summed E-state index contributed by atoms with van der Waals surface area (Å²) in [6.45, 7) is 3.95. The zero-order valence-electron chi connectivity index (χ0n) is 17.2. The molecule has 0 fully saturated rings. The van der Waals surface area contributed by atoms with Crippen LogP contribution in [-0.2, 0) is 19.5 Å². The lowest BCUT2D eigenvalue weighted by atomic mass is 9.93. The third-order valence-electron chi connectivity index (χ3n) is 6.04. The van der Waals surface area contributed by atoms with Gasteiger partial charge in [0, 0.05) is 24.8 Å². The number of methoxy groups -OCH3 is 1. The molecule has 1 unspecified atom stereocenters. The Morgan fingerprint density at radius 1 is 1.07 bits per heavy atom. The molecule has 0 radical (unpaired) electrons. The molecule has 3 aromatic carbocycles. The number of fused-ring (bicyclic) bond motifs is 2. The largest absolute Gasteiger partial charge is 0.504 e. The molecule has 1 aromatic heterocycles. The van der Waals surface area contributed by atoms with Gasteiger partial charge in [-0.05, 0) is 66.4 Å². The summed E-state index contributed by atoms with van der Waals surface area (Å²) in [7, 11) is 1.59. The molecule has 5 nitrogen and oxygen atoms in total. The Bertz CT molecular complexity index is 1210. The molecule has 0 spiro atoms. The topological polar surface area (TPSA) is 50.5 Å². The number of benzene rings is 3. The van der Waals surface area contributed by atoms with E-state index in [0.717, 1.165) is 36.2 Å². The Labute approximate surface area is 176 Å². The molecule has 30 heavy (non-hydrogen) atoms. The van der Waals surface area contributed by atoms with Gasteiger partial charge in [-0.25, -0.2) is 4.98 Å². The molecule has 0 saturated carbocycles. The molecule has 0 amide bonds. The lowest BCUT2D eigenvalue weighted by molar-refractivity contribution is 0.174. The van der Waals surface area contributed by atoms with Crippen molar-refractivity contribution in [2.24, 2.45) is 0 Å². The smallest absolute Gasteiger partial charge is 0.160 e. The van der Waals surface area contributed by atoms with Crippen molar-refractivity contribution in [3.05, 3.63) is 83.7 Å². The van der Waals surface area contributed by atoms with Crippen LogP contribution in [0.3, 0.4) is 0 Å². The van der Waals surface area contributed by atoms with E-state index in [1.807, 2.05) is 36.7 Å². The van der Waals surface area contributed by atoms with Crippen molar-refractivity contribution in [2.75, 3.05) is 7.11 Å². The maximum absolute atomic E-state index is 10.1. The Balaban J connectivity index is 1.42. The molecular weight excluding hydrogens is 374 g/mol. The predicted octanol–water partition coefficient (Wildman–Crippen LogP) is 4.69. The van der Waals surface area contributed by atoms with E-state index < -0.39 is 0 Å². The van der Waals surface area contributed by atoms with Crippen LogP contribution in [0.15, 0.2) is 67.0 Å². The average molecular weight is 399 g/mol. The van der Waals surface area contributed by atoms with Crippen molar-refractivity contribution < 1.29 is 9.84 Å². The second-order valence-electron chi connectivity index (χ2n) is 8.02. The Morgan fingerprint density at radius 2 is 1.93 bits per heavy atom. The zero-order valence-corrected chi connectivity index (χ0v) is 17.2. The number of imidazole rings is 1. The first kappa shape index (κ1) is 18.7. The molecule has 5 rings (SSSR count). The summed E-state index contributed by atoms with van der Waals surface area (Å²) in [4.78, 5) is 7.00. The van der Waals surface area contributed by atoms with Gasteiger partial charge in [0.05, 0.1) is 18.1 Å². The third kappa shape index (κ3) is 3.31. The number of phenols is 1. The molecule has 1 aliphatic heterocycles. The Morgan fingerprint density at radius 3 is 2.80 bits per heavy atom. The van der Waals surface area contributed by atoms with E-state index >= 15 is 0 Å². The van der Waals surface area contributed by atoms with E-state index in [2.05, 4.69) is 51.7 Å². The van der Waals surface area contributed by atoms with Gasteiger partial charge in [-0.1, -0.05) is 24.3 Å². The number of aromatic nitrogens is 2. The van der Waals surface area contributed by atoms with Crippen LogP contribution in [0.1, 0.15) is 23.6 Å². The second-order valence-corrected chi connectivity index (χ2v) is 8.02. The lowest BCUT2D eigenvalue weighted by Gasteiger charge is -2.35. The minimum absolute atomic E-state index is 0.220. The minimum atomic E-state index is 0.220. The van der Waals surface area contributed by atoms with Gasteiger partial charge in [0.25, 0.3) is 0 Å². The molecule has 2 heterocycles. The Hall–Kier alpha value is -3.31. The van der Waals surface area contributed by atoms with Crippen LogP contribution in [0.5, 0.6) is 11.5 Å². The number of hydrogen-bond acceptors (Lipinski definition) is 4. The van der Waals surface area contributed by atoms with Gasteiger partial charge in [0.1, 0.15) is 6.33 Å². The summed E-state index contributed by atoms with van der Waals surface area (Å²) in [5, 5.41) is 10.1. The number of rotatable bonds is 4. The van der Waals surface area contributed by atoms with Crippen LogP contribution in [0, 0.1) is 0 Å². The summed E-state index contributed by atoms with van der Waals surface area (Å²) < 4.78 is 7.45. The molecule has 5 heteroatoms. The van der Waals surface area contributed by atoms with Crippen LogP contribution in [0.25, 0.3) is 16.7 Å². The van der Waals surface area contributed by atoms with Crippen LogP contribution >= 0.6 is 0 Å². The van der Waals surface area contributed by atoms with E-state index in [0.29, 0.717) is 11.8 Å². The number of aromatic hydroxyl groups is 1. The van der Waals surface area contributed by atoms with Crippen molar-refractivity contribution in [1.29, 1.82) is 0 Å². The fourth-order valence-electron chi connectivity index (χ4n) is 4.39. The van der Waals surface area contributed by atoms with Crippen LogP contribution in [-0.4, -0.2) is 32.7 Å². The van der Waals surface area contributed by atoms with Crippen molar-refractivity contribution >= 4 is 11.0 Å². The van der Waals surface area contributed by atoms with Crippen molar-refractivity contribution in [3.63, 3.8) is 0 Å². The molecule has 1 aliphatic rings. The quantitative estimate of drug-likeness (QED) is 0.541. The molecule has 0 aliphatic carbocycles. The molecular formula is C25H25N3O2. The summed E-state index contributed by atoms with van der Waals surface area (Å²) in [6.07, 6.45) is 2.81. The van der Waals surface area contributed by atoms with Crippen LogP contribution in [0.4, 0.5) is 0 Å². The maximum Gasteiger partial charge on any atom is 0.160 e. The zero-order chi connectivity index (χ0) is 20.7. The number of ether oxygens (including phenoxy) is 1. The van der Waals surface area contributed by atoms with Gasteiger partial charge in [-0.2, -0.15) is 0 Å². The fraction of sp³-hybridized carbons (Fsp3) is 0.240. The molecule has 1 N–H and O–H groups in total. The van der Waals surface area contributed by atoms with E-state index in [4.69, 9.17) is 4.74 Å². The summed E-state index contributed by atoms with van der Waals surface area (Å²) >= 11 is 0. The highest BCUT2D eigenvalue weighted by atomic mass is 16.5. The first-order chi connectivity index (χ1) is 14.6. The van der Waals surface area contributed by atoms with E-state index in [1.54, 1.807) is 7.11 Å². The monoisotopic (exact) mass is 399 g/mol. The Kier molecular flexibility index (Phi) is 4.68. The molecule has 4 aromatic rings. The number of hydrogen-bond donors (Lipinski definition) is 1. The standard InChI is InChI=1S/C25H25N3O2/c1-17-10-19-12-24(29)25(30-2)13-20(19)15-27(17)14-18-6-5-7-21(11-18)28-16-26-22-8-3-4-9-23(22)28/h3-9,11-13,16-17,29H,10,14-15H2,1-2H3. The maximum atomic E-state index is 10.1. The van der Waals surface area contributed by atoms with E-state index in [-0.39, 0.29) is 5.75 Å². The average Bonchev–Trinajstić information content (AvgIpc) is 3.19. The normalized spacial score (nSPS) is 16.5. The fourth-order valence-corrected chi connectivity index (χ4v) is 4.39. The van der Waals surface area contributed by atoms with Gasteiger partial charge >= 0.3 is 0 Å². The second kappa shape index (κ2) is 7.50. The predicted molar refractivity (Wildman–Crippen MR) is 118 cm³/mol. The van der Waals surface area contributed by atoms with Crippen LogP contribution < -0.4 is 4.74 Å². The van der Waals surface area contributed by atoms with Crippen LogP contribution in [0.2, 0.25) is 0 Å². The van der Waals surface area contributed by atoms with E-state index in [1.165, 1.54) is 16.7 Å². The molecule has 0 bridgehead atoms. The molecule has 1 atom stereocenters. The summed E-state index contributed by atoms with van der Waals surface area (Å²) in [5.41, 5.74) is 6.93. The highest BCUT2D eigenvalue weighted by Gasteiger charge is 2.24. The van der Waals surface area contributed by atoms with Crippen molar-refractivity contribution in [2.45, 2.75) is 32.5 Å². The number of phenolic OH excluding ortho intramolecular Hbond substituents is 1. The SMILES string of the molecule is COc1cc2c(cc1O)CC(C)N(Cc1cccc(-n3cnc4ccccc43)c1)C2. The minimum Gasteiger partial charge on any atom is -0.504 e. The van der Waals surface area contributed by atoms with Crippen molar-refractivity contribution in [3.8, 4) is 17.2 Å². The van der Waals surface area contributed by atoms with Gasteiger partial charge in [-0.3, -0.25) is 9.47 Å². The first-order valence-electron chi connectivity index (χ1n) is 10.3. The van der Waals surface area contributed by atoms with Crippen molar-refractivity contribution in [1.82, 2.24) is 14.5 Å². The third-order valence-corrected chi connectivity index (χ3v) is 6.04. The number of nitrogens with zero attached hydrogens (tertiary/aromatic N) is 3. The van der Waals surface area contributed by atoms with Gasteiger partial charge in [-0.15, -0.1) is 0 Å². The lowest BCUT2D eigenvalue weighted by Crippen LogP contribution is -2.37. The highest BCUT2D eigenvalue weighted by Crippen LogP contribution is 2.34. The van der Waals surface area contributed by atoms with E-state index in [9.17, 15) is 5.11 Å². The summed E-state index contributed by atoms with van der Waals surface area (Å²) in [6, 6.07) is 21.1. The van der Waals surface area contributed by atoms with Gasteiger partial charge in [0.15, 0.2) is 11.5 Å². The summed E-state index contributed by atoms with van der Waals surface area (Å²) in [5.74, 6) is 0.759. The molecule has 152 valence electrons.